The van der Waals surface area contributed by atoms with Crippen LogP contribution < -0.4 is 20.3 Å². The number of nitrogens with one attached hydrogen (secondary N) is 1. The second-order valence-electron chi connectivity index (χ2n) is 6.77. The molecule has 3 aromatic rings. The Balaban J connectivity index is 1.85. The molecule has 32 heavy (non-hydrogen) atoms. The number of aromatic nitrogens is 2. The van der Waals surface area contributed by atoms with Gasteiger partial charge in [-0.15, -0.1) is 0 Å². The number of anilines is 1. The average molecular weight is 438 g/mol. The summed E-state index contributed by atoms with van der Waals surface area (Å²) in [5.74, 6) is 0.313. The number of nitrogens with zero attached hydrogens (tertiary/aromatic N) is 3. The van der Waals surface area contributed by atoms with E-state index in [1.54, 1.807) is 18.2 Å². The third kappa shape index (κ3) is 4.91. The molecule has 166 valence electrons. The molecule has 3 rings (SSSR count). The number of nitro groups is 1. The zero-order valence-electron chi connectivity index (χ0n) is 17.8. The van der Waals surface area contributed by atoms with Crippen molar-refractivity contribution in [1.82, 2.24) is 9.78 Å². The Morgan fingerprint density at radius 3 is 2.53 bits per heavy atom. The molecule has 0 aliphatic heterocycles. The number of benzene rings is 2. The Morgan fingerprint density at radius 2 is 1.91 bits per heavy atom. The maximum atomic E-state index is 12.8. The van der Waals surface area contributed by atoms with Crippen LogP contribution in [0.2, 0.25) is 0 Å². The Kier molecular flexibility index (Phi) is 6.83. The van der Waals surface area contributed by atoms with Gasteiger partial charge in [-0.3, -0.25) is 19.7 Å². The van der Waals surface area contributed by atoms with Gasteiger partial charge < -0.3 is 14.8 Å². The molecule has 0 spiro atoms. The average Bonchev–Trinajstić information content (AvgIpc) is 2.79. The van der Waals surface area contributed by atoms with Crippen LogP contribution in [-0.4, -0.2) is 34.3 Å². The molecule has 1 unspecified atom stereocenters. The van der Waals surface area contributed by atoms with Crippen molar-refractivity contribution in [3.8, 4) is 22.8 Å². The van der Waals surface area contributed by atoms with Crippen LogP contribution in [0, 0.1) is 10.1 Å². The second kappa shape index (κ2) is 9.73. The largest absolute Gasteiger partial charge is 0.494 e. The summed E-state index contributed by atoms with van der Waals surface area (Å²) in [4.78, 5) is 35.6. The lowest BCUT2D eigenvalue weighted by Crippen LogP contribution is -2.33. The number of carbonyl (C=O) groups is 1. The molecule has 1 atom stereocenters. The number of amides is 1. The molecule has 0 aliphatic rings. The highest BCUT2D eigenvalue weighted by molar-refractivity contribution is 5.95. The van der Waals surface area contributed by atoms with Crippen molar-refractivity contribution in [2.75, 3.05) is 19.0 Å². The van der Waals surface area contributed by atoms with Gasteiger partial charge in [0.2, 0.25) is 5.91 Å². The maximum absolute atomic E-state index is 12.8. The van der Waals surface area contributed by atoms with Crippen LogP contribution >= 0.6 is 0 Å². The zero-order chi connectivity index (χ0) is 23.3. The summed E-state index contributed by atoms with van der Waals surface area (Å²) in [5, 5.41) is 17.9. The van der Waals surface area contributed by atoms with E-state index in [2.05, 4.69) is 10.4 Å². The maximum Gasteiger partial charge on any atom is 0.273 e. The number of non-ortho nitro benzene ring substituents is 1. The van der Waals surface area contributed by atoms with E-state index in [1.165, 1.54) is 38.3 Å². The van der Waals surface area contributed by atoms with Crippen LogP contribution in [0.5, 0.6) is 11.5 Å². The van der Waals surface area contributed by atoms with Crippen LogP contribution in [0.15, 0.2) is 59.4 Å². The van der Waals surface area contributed by atoms with Crippen LogP contribution in [0.25, 0.3) is 11.3 Å². The molecule has 1 heterocycles. The Hall–Kier alpha value is -4.21. The molecular formula is C22H22N4O6. The predicted molar refractivity (Wildman–Crippen MR) is 118 cm³/mol. The fraction of sp³-hybridized carbons (Fsp3) is 0.227. The standard InChI is InChI=1S/C22H22N4O6/c1-4-32-17-8-5-15(6-9-17)18-11-12-21(27)25(24-18)14(2)22(28)23-19-10-7-16(26(29)30)13-20(19)31-3/h5-14H,4H2,1-3H3,(H,23,28). The minimum absolute atomic E-state index is 0.128. The molecule has 1 aromatic heterocycles. The number of hydrogen-bond donors (Lipinski definition) is 1. The lowest BCUT2D eigenvalue weighted by atomic mass is 10.1. The van der Waals surface area contributed by atoms with Gasteiger partial charge in [-0.05, 0) is 50.2 Å². The lowest BCUT2D eigenvalue weighted by molar-refractivity contribution is -0.384. The molecular weight excluding hydrogens is 416 g/mol. The normalized spacial score (nSPS) is 11.5. The van der Waals surface area contributed by atoms with Crippen LogP contribution in [-0.2, 0) is 4.79 Å². The fourth-order valence-corrected chi connectivity index (χ4v) is 2.99. The molecule has 0 radical (unpaired) electrons. The fourth-order valence-electron chi connectivity index (χ4n) is 2.99. The number of nitro benzene ring substituents is 1. The van der Waals surface area contributed by atoms with Crippen molar-refractivity contribution in [2.45, 2.75) is 19.9 Å². The Labute approximate surface area is 183 Å². The summed E-state index contributed by atoms with van der Waals surface area (Å²) in [7, 11) is 1.34. The van der Waals surface area contributed by atoms with Gasteiger partial charge in [0.1, 0.15) is 17.5 Å². The lowest BCUT2D eigenvalue weighted by Gasteiger charge is -2.16. The molecule has 0 aliphatic carbocycles. The molecule has 10 nitrogen and oxygen atoms in total. The quantitative estimate of drug-likeness (QED) is 0.422. The van der Waals surface area contributed by atoms with Gasteiger partial charge in [0.25, 0.3) is 11.2 Å². The van der Waals surface area contributed by atoms with Gasteiger partial charge in [-0.25, -0.2) is 4.68 Å². The summed E-state index contributed by atoms with van der Waals surface area (Å²) >= 11 is 0. The molecule has 0 fully saturated rings. The molecule has 1 amide bonds. The third-order valence-corrected chi connectivity index (χ3v) is 4.69. The van der Waals surface area contributed by atoms with E-state index >= 15 is 0 Å². The Bertz CT molecular complexity index is 1190. The van der Waals surface area contributed by atoms with Gasteiger partial charge in [0.15, 0.2) is 0 Å². The van der Waals surface area contributed by atoms with Crippen molar-refractivity contribution in [3.05, 3.63) is 75.1 Å². The van der Waals surface area contributed by atoms with Crippen LogP contribution in [0.1, 0.15) is 19.9 Å². The third-order valence-electron chi connectivity index (χ3n) is 4.69. The summed E-state index contributed by atoms with van der Waals surface area (Å²) in [5.41, 5.74) is 0.893. The zero-order valence-corrected chi connectivity index (χ0v) is 17.8. The molecule has 1 N–H and O–H groups in total. The molecule has 0 saturated heterocycles. The second-order valence-corrected chi connectivity index (χ2v) is 6.77. The summed E-state index contributed by atoms with van der Waals surface area (Å²) in [6.45, 7) is 3.97. The van der Waals surface area contributed by atoms with E-state index in [0.717, 1.165) is 16.0 Å². The van der Waals surface area contributed by atoms with Crippen molar-refractivity contribution in [3.63, 3.8) is 0 Å². The summed E-state index contributed by atoms with van der Waals surface area (Å²) < 4.78 is 11.6. The van der Waals surface area contributed by atoms with Crippen molar-refractivity contribution in [2.24, 2.45) is 0 Å². The first kappa shape index (κ1) is 22.5. The molecule has 2 aromatic carbocycles. The minimum atomic E-state index is -0.954. The predicted octanol–water partition coefficient (Wildman–Crippen LogP) is 3.43. The first-order valence-electron chi connectivity index (χ1n) is 9.80. The van der Waals surface area contributed by atoms with E-state index < -0.39 is 22.4 Å². The first-order valence-corrected chi connectivity index (χ1v) is 9.80. The number of rotatable bonds is 8. The van der Waals surface area contributed by atoms with Crippen LogP contribution in [0.3, 0.4) is 0 Å². The monoisotopic (exact) mass is 438 g/mol. The van der Waals surface area contributed by atoms with E-state index in [1.807, 2.05) is 19.1 Å². The number of hydrogen-bond acceptors (Lipinski definition) is 7. The Morgan fingerprint density at radius 1 is 1.19 bits per heavy atom. The number of carbonyl (C=O) groups excluding carboxylic acids is 1. The highest BCUT2D eigenvalue weighted by atomic mass is 16.6. The molecule has 0 bridgehead atoms. The molecule has 10 heteroatoms. The van der Waals surface area contributed by atoms with Gasteiger partial charge in [-0.1, -0.05) is 0 Å². The van der Waals surface area contributed by atoms with Gasteiger partial charge in [0, 0.05) is 17.7 Å². The highest BCUT2D eigenvalue weighted by Gasteiger charge is 2.21. The SMILES string of the molecule is CCOc1ccc(-c2ccc(=O)n(C(C)C(=O)Nc3ccc([N+](=O)[O-])cc3OC)n2)cc1. The van der Waals surface area contributed by atoms with Crippen molar-refractivity contribution >= 4 is 17.3 Å². The van der Waals surface area contributed by atoms with Crippen molar-refractivity contribution in [1.29, 1.82) is 0 Å². The van der Waals surface area contributed by atoms with E-state index in [9.17, 15) is 19.7 Å². The van der Waals surface area contributed by atoms with Gasteiger partial charge in [0.05, 0.1) is 36.1 Å². The highest BCUT2D eigenvalue weighted by Crippen LogP contribution is 2.29. The van der Waals surface area contributed by atoms with E-state index in [0.29, 0.717) is 12.3 Å². The summed E-state index contributed by atoms with van der Waals surface area (Å²) in [6, 6.07) is 13.0. The number of ether oxygens (including phenoxy) is 2. The minimum Gasteiger partial charge on any atom is -0.494 e. The van der Waals surface area contributed by atoms with E-state index in [-0.39, 0.29) is 17.1 Å². The smallest absolute Gasteiger partial charge is 0.273 e. The van der Waals surface area contributed by atoms with E-state index in [4.69, 9.17) is 9.47 Å². The van der Waals surface area contributed by atoms with Crippen molar-refractivity contribution < 1.29 is 19.2 Å². The topological polar surface area (TPSA) is 126 Å². The van der Waals surface area contributed by atoms with Gasteiger partial charge >= 0.3 is 0 Å². The van der Waals surface area contributed by atoms with Crippen LogP contribution in [0.4, 0.5) is 11.4 Å². The number of methoxy groups -OCH3 is 1. The first-order chi connectivity index (χ1) is 15.3. The summed E-state index contributed by atoms with van der Waals surface area (Å²) in [6.07, 6.45) is 0. The molecule has 0 saturated carbocycles. The van der Waals surface area contributed by atoms with Gasteiger partial charge in [-0.2, -0.15) is 5.10 Å².